The van der Waals surface area contributed by atoms with Crippen molar-refractivity contribution in [2.24, 2.45) is 0 Å². The third-order valence-electron chi connectivity index (χ3n) is 5.51. The van der Waals surface area contributed by atoms with Crippen LogP contribution in [-0.2, 0) is 23.9 Å². The molecule has 1 fully saturated rings. The van der Waals surface area contributed by atoms with E-state index in [1.165, 1.54) is 12.1 Å². The summed E-state index contributed by atoms with van der Waals surface area (Å²) in [7, 11) is 0. The quantitative estimate of drug-likeness (QED) is 0.591. The maximum absolute atomic E-state index is 12.9. The Morgan fingerprint density at radius 3 is 2.50 bits per heavy atom. The van der Waals surface area contributed by atoms with E-state index in [9.17, 15) is 18.0 Å². The number of piperazine rings is 1. The summed E-state index contributed by atoms with van der Waals surface area (Å²) < 4.78 is 49.1. The maximum Gasteiger partial charge on any atom is 0.416 e. The smallest absolute Gasteiger partial charge is 0.361 e. The number of hydrogen-bond acceptors (Lipinski definition) is 7. The van der Waals surface area contributed by atoms with E-state index in [4.69, 9.17) is 9.05 Å². The van der Waals surface area contributed by atoms with Crippen LogP contribution in [0.25, 0.3) is 11.4 Å². The van der Waals surface area contributed by atoms with Crippen molar-refractivity contribution >= 4 is 5.91 Å². The summed E-state index contributed by atoms with van der Waals surface area (Å²) in [4.78, 5) is 20.7. The molecule has 3 aromatic rings. The lowest BCUT2D eigenvalue weighted by atomic mass is 10.1. The summed E-state index contributed by atoms with van der Waals surface area (Å²) in [6.07, 6.45) is -4.18. The zero-order valence-electron chi connectivity index (χ0n) is 17.6. The van der Waals surface area contributed by atoms with Crippen LogP contribution >= 0.6 is 0 Å². The summed E-state index contributed by atoms with van der Waals surface area (Å²) in [5.41, 5.74) is 1.02. The Kier molecular flexibility index (Phi) is 6.00. The SMILES string of the molecule is Cc1noc(C)c1CC(=O)N1CCN(Cc2nc(-c3cccc(C(F)(F)F)c3)no2)CC1. The lowest BCUT2D eigenvalue weighted by Crippen LogP contribution is -2.48. The van der Waals surface area contributed by atoms with E-state index >= 15 is 0 Å². The van der Waals surface area contributed by atoms with Crippen molar-refractivity contribution in [3.8, 4) is 11.4 Å². The normalized spacial score (nSPS) is 15.3. The van der Waals surface area contributed by atoms with Gasteiger partial charge in [-0.05, 0) is 26.0 Å². The van der Waals surface area contributed by atoms with Gasteiger partial charge < -0.3 is 13.9 Å². The Morgan fingerprint density at radius 2 is 1.84 bits per heavy atom. The Hall–Kier alpha value is -3.21. The number of aromatic nitrogens is 3. The Morgan fingerprint density at radius 1 is 1.09 bits per heavy atom. The molecule has 1 aliphatic heterocycles. The first kappa shape index (κ1) is 22.0. The van der Waals surface area contributed by atoms with Gasteiger partial charge in [-0.2, -0.15) is 18.2 Å². The molecule has 1 saturated heterocycles. The number of aryl methyl sites for hydroxylation is 2. The highest BCUT2D eigenvalue weighted by Crippen LogP contribution is 2.31. The van der Waals surface area contributed by atoms with E-state index in [0.29, 0.717) is 44.4 Å². The molecule has 11 heteroatoms. The van der Waals surface area contributed by atoms with Gasteiger partial charge in [0.15, 0.2) is 0 Å². The van der Waals surface area contributed by atoms with Gasteiger partial charge in [-0.25, -0.2) is 0 Å². The second-order valence-corrected chi connectivity index (χ2v) is 7.73. The lowest BCUT2D eigenvalue weighted by Gasteiger charge is -2.34. The van der Waals surface area contributed by atoms with Crippen molar-refractivity contribution < 1.29 is 27.0 Å². The largest absolute Gasteiger partial charge is 0.416 e. The van der Waals surface area contributed by atoms with Gasteiger partial charge in [0.05, 0.1) is 24.2 Å². The van der Waals surface area contributed by atoms with Gasteiger partial charge in [0, 0.05) is 37.3 Å². The third kappa shape index (κ3) is 4.82. The highest BCUT2D eigenvalue weighted by molar-refractivity contribution is 5.79. The summed E-state index contributed by atoms with van der Waals surface area (Å²) >= 11 is 0. The van der Waals surface area contributed by atoms with E-state index in [-0.39, 0.29) is 23.7 Å². The maximum atomic E-state index is 12.9. The zero-order chi connectivity index (χ0) is 22.9. The molecule has 8 nitrogen and oxygen atoms in total. The minimum atomic E-state index is -4.44. The molecule has 1 amide bonds. The van der Waals surface area contributed by atoms with Gasteiger partial charge in [0.2, 0.25) is 17.6 Å². The van der Waals surface area contributed by atoms with Crippen LogP contribution in [0, 0.1) is 13.8 Å². The van der Waals surface area contributed by atoms with Crippen molar-refractivity contribution in [1.29, 1.82) is 0 Å². The molecule has 0 aliphatic carbocycles. The number of halogens is 3. The minimum Gasteiger partial charge on any atom is -0.361 e. The molecule has 0 atom stereocenters. The monoisotopic (exact) mass is 449 g/mol. The average Bonchev–Trinajstić information content (AvgIpc) is 3.35. The molecule has 32 heavy (non-hydrogen) atoms. The summed E-state index contributed by atoms with van der Waals surface area (Å²) in [5, 5.41) is 7.70. The lowest BCUT2D eigenvalue weighted by molar-refractivity contribution is -0.137. The first-order chi connectivity index (χ1) is 15.2. The first-order valence-corrected chi connectivity index (χ1v) is 10.1. The van der Waals surface area contributed by atoms with Crippen molar-refractivity contribution in [2.45, 2.75) is 33.0 Å². The fourth-order valence-electron chi connectivity index (χ4n) is 3.63. The molecule has 0 saturated carbocycles. The van der Waals surface area contributed by atoms with Gasteiger partial charge in [0.1, 0.15) is 5.76 Å². The highest BCUT2D eigenvalue weighted by Gasteiger charge is 2.31. The Balaban J connectivity index is 1.32. The second-order valence-electron chi connectivity index (χ2n) is 7.73. The average molecular weight is 449 g/mol. The minimum absolute atomic E-state index is 0.0173. The number of amides is 1. The molecule has 1 aliphatic rings. The molecule has 0 bridgehead atoms. The van der Waals surface area contributed by atoms with Gasteiger partial charge in [0.25, 0.3) is 0 Å². The molecule has 0 N–H and O–H groups in total. The summed E-state index contributed by atoms with van der Waals surface area (Å²) in [6, 6.07) is 4.81. The number of rotatable bonds is 5. The molecule has 0 unspecified atom stereocenters. The molecule has 1 aromatic carbocycles. The van der Waals surface area contributed by atoms with Crippen molar-refractivity contribution in [1.82, 2.24) is 25.1 Å². The summed E-state index contributed by atoms with van der Waals surface area (Å²) in [5.74, 6) is 1.10. The first-order valence-electron chi connectivity index (χ1n) is 10.1. The molecule has 4 rings (SSSR count). The molecule has 0 spiro atoms. The van der Waals surface area contributed by atoms with Crippen LogP contribution in [0.1, 0.15) is 28.5 Å². The van der Waals surface area contributed by atoms with Crippen LogP contribution < -0.4 is 0 Å². The molecule has 3 heterocycles. The summed E-state index contributed by atoms with van der Waals surface area (Å²) in [6.45, 7) is 6.31. The molecule has 2 aromatic heterocycles. The van der Waals surface area contributed by atoms with Crippen LogP contribution in [0.15, 0.2) is 33.3 Å². The standard InChI is InChI=1S/C21H22F3N5O3/c1-13-17(14(2)31-26-13)11-19(30)29-8-6-28(7-9-29)12-18-25-20(27-32-18)15-4-3-5-16(10-15)21(22,23)24/h3-5,10H,6-9,11-12H2,1-2H3. The van der Waals surface area contributed by atoms with E-state index in [0.717, 1.165) is 23.4 Å². The van der Waals surface area contributed by atoms with E-state index in [1.807, 2.05) is 6.92 Å². The number of nitrogens with zero attached hydrogens (tertiary/aromatic N) is 5. The predicted octanol–water partition coefficient (Wildman–Crippen LogP) is 3.25. The van der Waals surface area contributed by atoms with E-state index in [2.05, 4.69) is 20.2 Å². The molecule has 170 valence electrons. The predicted molar refractivity (Wildman–Crippen MR) is 106 cm³/mol. The van der Waals surface area contributed by atoms with Gasteiger partial charge in [-0.1, -0.05) is 22.4 Å². The Bertz CT molecular complexity index is 1080. The van der Waals surface area contributed by atoms with Crippen LogP contribution in [0.5, 0.6) is 0 Å². The number of benzene rings is 1. The zero-order valence-corrected chi connectivity index (χ0v) is 17.6. The second kappa shape index (κ2) is 8.73. The van der Waals surface area contributed by atoms with E-state index < -0.39 is 11.7 Å². The fourth-order valence-corrected chi connectivity index (χ4v) is 3.63. The van der Waals surface area contributed by atoms with Crippen LogP contribution in [0.4, 0.5) is 13.2 Å². The number of hydrogen-bond donors (Lipinski definition) is 0. The van der Waals surface area contributed by atoms with Crippen molar-refractivity contribution in [3.63, 3.8) is 0 Å². The van der Waals surface area contributed by atoms with Gasteiger partial charge in [-0.3, -0.25) is 9.69 Å². The fraction of sp³-hybridized carbons (Fsp3) is 0.429. The third-order valence-corrected chi connectivity index (χ3v) is 5.51. The molecular weight excluding hydrogens is 427 g/mol. The van der Waals surface area contributed by atoms with Crippen LogP contribution in [0.3, 0.4) is 0 Å². The number of carbonyl (C=O) groups excluding carboxylic acids is 1. The van der Waals surface area contributed by atoms with Gasteiger partial charge >= 0.3 is 6.18 Å². The number of alkyl halides is 3. The topological polar surface area (TPSA) is 88.5 Å². The molecular formula is C21H22F3N5O3. The van der Waals surface area contributed by atoms with Gasteiger partial charge in [-0.15, -0.1) is 0 Å². The highest BCUT2D eigenvalue weighted by atomic mass is 19.4. The van der Waals surface area contributed by atoms with Crippen LogP contribution in [0.2, 0.25) is 0 Å². The van der Waals surface area contributed by atoms with Crippen molar-refractivity contribution in [3.05, 3.63) is 52.7 Å². The number of carbonyl (C=O) groups is 1. The molecule has 0 radical (unpaired) electrons. The van der Waals surface area contributed by atoms with Crippen LogP contribution in [-0.4, -0.2) is 57.2 Å². The van der Waals surface area contributed by atoms with E-state index in [1.54, 1.807) is 11.8 Å². The van der Waals surface area contributed by atoms with Crippen molar-refractivity contribution in [2.75, 3.05) is 26.2 Å². The Labute approximate surface area is 182 Å².